The zero-order valence-corrected chi connectivity index (χ0v) is 27.0. The Labute approximate surface area is 272 Å². The number of aromatic nitrogens is 6. The van der Waals surface area contributed by atoms with E-state index in [1.165, 1.54) is 17.0 Å². The van der Waals surface area contributed by atoms with Crippen molar-refractivity contribution in [1.29, 1.82) is 0 Å². The number of rotatable bonds is 2. The monoisotopic (exact) mass is 732 g/mol. The molecule has 3 saturated heterocycles. The fraction of sp³-hybridized carbons (Fsp3) is 0.435. The van der Waals surface area contributed by atoms with E-state index in [-0.39, 0.29) is 33.7 Å². The van der Waals surface area contributed by atoms with Gasteiger partial charge in [0.15, 0.2) is 23.6 Å². The molecule has 0 spiro atoms. The van der Waals surface area contributed by atoms with Crippen molar-refractivity contribution in [3.8, 4) is 0 Å². The van der Waals surface area contributed by atoms with Crippen molar-refractivity contribution in [3.63, 3.8) is 0 Å². The molecule has 252 valence electrons. The number of aromatic amines is 1. The molecule has 1 aromatic carbocycles. The van der Waals surface area contributed by atoms with Crippen LogP contribution in [0.3, 0.4) is 0 Å². The first-order valence-corrected chi connectivity index (χ1v) is 18.9. The quantitative estimate of drug-likeness (QED) is 0.0908. The molecule has 2 unspecified atom stereocenters. The van der Waals surface area contributed by atoms with E-state index in [9.17, 15) is 29.6 Å². The van der Waals surface area contributed by atoms with Gasteiger partial charge in [0.2, 0.25) is 5.95 Å². The molecule has 7 rings (SSSR count). The minimum atomic E-state index is -4.28. The second-order valence-corrected chi connectivity index (χ2v) is 16.3. The van der Waals surface area contributed by atoms with Gasteiger partial charge in [0.1, 0.15) is 48.5 Å². The third kappa shape index (κ3) is 5.93. The maximum absolute atomic E-state index is 13.4. The largest absolute Gasteiger partial charge is 0.397 e. The van der Waals surface area contributed by atoms with E-state index in [1.807, 2.05) is 0 Å². The van der Waals surface area contributed by atoms with Crippen LogP contribution in [-0.4, -0.2) is 98.9 Å². The predicted octanol–water partition coefficient (Wildman–Crippen LogP) is -1.54. The number of fused-ring (bicyclic) bond motifs is 5. The lowest BCUT2D eigenvalue weighted by Gasteiger charge is -2.28. The van der Waals surface area contributed by atoms with Crippen molar-refractivity contribution >= 4 is 70.8 Å². The van der Waals surface area contributed by atoms with Crippen LogP contribution >= 0.6 is 13.4 Å². The van der Waals surface area contributed by atoms with Crippen LogP contribution in [0.1, 0.15) is 12.5 Å². The van der Waals surface area contributed by atoms with Gasteiger partial charge >= 0.3 is 13.4 Å². The fourth-order valence-electron chi connectivity index (χ4n) is 5.61. The van der Waals surface area contributed by atoms with Crippen molar-refractivity contribution < 1.29 is 47.6 Å². The van der Waals surface area contributed by atoms with E-state index < -0.39 is 86.8 Å². The minimum Gasteiger partial charge on any atom is -0.397 e. The van der Waals surface area contributed by atoms with Gasteiger partial charge in [-0.25, -0.2) is 9.97 Å². The van der Waals surface area contributed by atoms with Crippen LogP contribution in [-0.2, 0) is 51.2 Å². The van der Waals surface area contributed by atoms with Crippen LogP contribution in [0.25, 0.3) is 22.1 Å². The molecule has 4 aromatic rings. The van der Waals surface area contributed by atoms with Crippen molar-refractivity contribution in [3.05, 3.63) is 51.6 Å². The predicted molar refractivity (Wildman–Crippen MR) is 167 cm³/mol. The van der Waals surface area contributed by atoms with E-state index in [0.717, 1.165) is 10.9 Å². The summed E-state index contributed by atoms with van der Waals surface area (Å²) in [6.45, 7) is -9.71. The highest BCUT2D eigenvalue weighted by Gasteiger charge is 2.52. The summed E-state index contributed by atoms with van der Waals surface area (Å²) in [6, 6.07) is 4.64. The molecule has 3 aromatic heterocycles. The van der Waals surface area contributed by atoms with E-state index in [4.69, 9.17) is 62.6 Å². The number of nitrogens with zero attached hydrogens (tertiary/aromatic N) is 5. The molecule has 6 heterocycles. The third-order valence-corrected chi connectivity index (χ3v) is 10.9. The molecule has 0 aliphatic carbocycles. The Morgan fingerprint density at radius 2 is 1.51 bits per heavy atom. The third-order valence-electron chi connectivity index (χ3n) is 7.78. The summed E-state index contributed by atoms with van der Waals surface area (Å²) in [4.78, 5) is 62.5. The number of H-pyrrole nitrogens is 1. The Morgan fingerprint density at radius 1 is 0.872 bits per heavy atom. The highest BCUT2D eigenvalue weighted by atomic mass is 32.5. The van der Waals surface area contributed by atoms with Gasteiger partial charge in [0.25, 0.3) is 11.1 Å². The van der Waals surface area contributed by atoms with Crippen molar-refractivity contribution in [2.75, 3.05) is 24.7 Å². The molecule has 3 fully saturated rings. The summed E-state index contributed by atoms with van der Waals surface area (Å²) < 4.78 is 36.6. The summed E-state index contributed by atoms with van der Waals surface area (Å²) in [6.07, 6.45) is -9.18. The molecule has 20 nitrogen and oxygen atoms in total. The SMILES string of the molecule is Nc1nc2c(ncn2[C@@H]2O[C@@H]3COP(O)(=S)O[C@H]4[C@@H](O)[C@H](n5cnc6c(N)cccc6c5=O)O[C@@H]4COP(O)(=S)O[C@@H]2[C@@H]3O)c(=O)[nH]1. The fourth-order valence-corrected chi connectivity index (χ4v) is 8.47. The van der Waals surface area contributed by atoms with Gasteiger partial charge in [-0.05, 0) is 35.7 Å². The summed E-state index contributed by atoms with van der Waals surface area (Å²) >= 11 is 10.5. The lowest BCUT2D eigenvalue weighted by atomic mass is 10.1. The second kappa shape index (κ2) is 12.0. The maximum atomic E-state index is 13.4. The molecule has 0 amide bonds. The number of nitrogen functional groups attached to an aromatic ring is 2. The smallest absolute Gasteiger partial charge is 0.325 e. The first kappa shape index (κ1) is 32.7. The first-order chi connectivity index (χ1) is 22.2. The Morgan fingerprint density at radius 3 is 2.26 bits per heavy atom. The van der Waals surface area contributed by atoms with Crippen LogP contribution in [0, 0.1) is 0 Å². The van der Waals surface area contributed by atoms with Crippen molar-refractivity contribution in [1.82, 2.24) is 29.1 Å². The van der Waals surface area contributed by atoms with E-state index in [0.29, 0.717) is 0 Å². The zero-order chi connectivity index (χ0) is 33.4. The maximum Gasteiger partial charge on any atom is 0.325 e. The number of ether oxygens (including phenoxy) is 2. The van der Waals surface area contributed by atoms with Crippen molar-refractivity contribution in [2.24, 2.45) is 0 Å². The van der Waals surface area contributed by atoms with E-state index in [1.54, 1.807) is 12.1 Å². The number of nitrogens with one attached hydrogen (secondary N) is 1. The highest BCUT2D eigenvalue weighted by Crippen LogP contribution is 2.53. The van der Waals surface area contributed by atoms with Crippen molar-refractivity contribution in [2.45, 2.75) is 49.1 Å². The van der Waals surface area contributed by atoms with Crippen LogP contribution in [0.2, 0.25) is 0 Å². The summed E-state index contributed by atoms with van der Waals surface area (Å²) in [5.41, 5.74) is 10.8. The highest BCUT2D eigenvalue weighted by molar-refractivity contribution is 8.07. The molecule has 9 N–H and O–H groups in total. The standard InChI is InChI=1S/C23H26N8O12P2S2/c24-9-3-1-2-8-12(9)26-7-31(20(8)35)21-15(33)16-11(41-21)5-39-45(37,47)43-17-14(32)10(4-38-44(36,46)42-16)40-22(17)30-6-27-13-18(30)28-23(25)29-19(13)34/h1-3,6-7,10-11,14-17,21-22,32-33H,4-5,24H2,(H,36,46)(H,37,47)(H3,25,28,29,34)/t10-,11-,14-,15-,16-,17-,21-,22-,44?,45?/m1/s1. The molecular weight excluding hydrogens is 706 g/mol. The summed E-state index contributed by atoms with van der Waals surface area (Å²) in [5, 5.41) is 22.6. The van der Waals surface area contributed by atoms with Gasteiger partial charge in [-0.3, -0.25) is 32.8 Å². The topological polar surface area (TPSA) is 287 Å². The number of anilines is 2. The number of hydrogen-bond acceptors (Lipinski definition) is 17. The molecule has 3 aliphatic heterocycles. The van der Waals surface area contributed by atoms with Crippen LogP contribution in [0.4, 0.5) is 11.6 Å². The van der Waals surface area contributed by atoms with Crippen LogP contribution in [0.5, 0.6) is 0 Å². The Kier molecular flexibility index (Phi) is 8.34. The van der Waals surface area contributed by atoms with Gasteiger partial charge in [-0.1, -0.05) is 6.07 Å². The van der Waals surface area contributed by atoms with Gasteiger partial charge in [-0.2, -0.15) is 4.98 Å². The average molecular weight is 733 g/mol. The Balaban J connectivity index is 1.21. The Hall–Kier alpha value is -2.79. The Bertz CT molecular complexity index is 2100. The number of imidazole rings is 1. The zero-order valence-electron chi connectivity index (χ0n) is 23.6. The summed E-state index contributed by atoms with van der Waals surface area (Å²) in [7, 11) is 0. The van der Waals surface area contributed by atoms with Crippen LogP contribution in [0.15, 0.2) is 40.4 Å². The van der Waals surface area contributed by atoms with E-state index in [2.05, 4.69) is 19.9 Å². The van der Waals surface area contributed by atoms with Gasteiger partial charge in [0.05, 0.1) is 30.6 Å². The molecule has 24 heteroatoms. The number of nitrogens with two attached hydrogens (primary N) is 2. The number of para-hydroxylation sites is 1. The molecule has 47 heavy (non-hydrogen) atoms. The molecule has 2 bridgehead atoms. The van der Waals surface area contributed by atoms with Crippen LogP contribution < -0.4 is 22.6 Å². The van der Waals surface area contributed by atoms with Gasteiger partial charge in [-0.15, -0.1) is 0 Å². The lowest BCUT2D eigenvalue weighted by Crippen LogP contribution is -2.37. The number of hydrogen-bond donors (Lipinski definition) is 7. The molecular formula is C23H26N8O12P2S2. The molecule has 10 atom stereocenters. The molecule has 0 radical (unpaired) electrons. The van der Waals surface area contributed by atoms with Gasteiger partial charge < -0.3 is 50.0 Å². The normalized spacial score (nSPS) is 36.5. The molecule has 3 aliphatic rings. The number of benzene rings is 1. The second-order valence-electron chi connectivity index (χ2n) is 10.8. The lowest BCUT2D eigenvalue weighted by molar-refractivity contribution is -0.0619. The average Bonchev–Trinajstić information content (AvgIpc) is 3.65. The number of aliphatic hydroxyl groups is 2. The number of aliphatic hydroxyl groups excluding tert-OH is 2. The minimum absolute atomic E-state index is 0.0363. The van der Waals surface area contributed by atoms with E-state index >= 15 is 0 Å². The summed E-state index contributed by atoms with van der Waals surface area (Å²) in [5.74, 6) is -0.228. The first-order valence-electron chi connectivity index (χ1n) is 13.7. The molecule has 0 saturated carbocycles. The van der Waals surface area contributed by atoms with Gasteiger partial charge in [0, 0.05) is 0 Å².